The summed E-state index contributed by atoms with van der Waals surface area (Å²) in [4.78, 5) is 18.9. The molecule has 136 valence electrons. The molecule has 0 radical (unpaired) electrons. The molecule has 1 aromatic rings. The van der Waals surface area contributed by atoms with E-state index in [4.69, 9.17) is 0 Å². The van der Waals surface area contributed by atoms with Crippen molar-refractivity contribution < 1.29 is 4.79 Å². The van der Waals surface area contributed by atoms with E-state index in [2.05, 4.69) is 20.5 Å². The van der Waals surface area contributed by atoms with Crippen LogP contribution in [-0.2, 0) is 6.54 Å². The molecule has 0 spiro atoms. The molecule has 3 rings (SSSR count). The molecule has 2 N–H and O–H groups in total. The van der Waals surface area contributed by atoms with Crippen LogP contribution in [0.15, 0.2) is 29.3 Å². The first-order chi connectivity index (χ1) is 12.2. The SMILES string of the molecule is CCNC(=O)c1cccc(CNC(=NC)N2CC3CCCCC3C2)c1. The molecule has 2 aliphatic rings. The molecule has 1 heterocycles. The second-order valence-corrected chi connectivity index (χ2v) is 7.17. The number of rotatable bonds is 4. The lowest BCUT2D eigenvalue weighted by Gasteiger charge is -2.22. The third-order valence-electron chi connectivity index (χ3n) is 5.46. The fourth-order valence-corrected chi connectivity index (χ4v) is 4.18. The first-order valence-electron chi connectivity index (χ1n) is 9.54. The van der Waals surface area contributed by atoms with Gasteiger partial charge in [-0.15, -0.1) is 0 Å². The maximum Gasteiger partial charge on any atom is 0.251 e. The zero-order valence-corrected chi connectivity index (χ0v) is 15.4. The molecule has 0 aromatic heterocycles. The molecule has 1 aromatic carbocycles. The first kappa shape index (κ1) is 17.8. The number of nitrogens with one attached hydrogen (secondary N) is 2. The Morgan fingerprint density at radius 1 is 1.20 bits per heavy atom. The molecule has 5 nitrogen and oxygen atoms in total. The van der Waals surface area contributed by atoms with Gasteiger partial charge in [0, 0.05) is 38.8 Å². The van der Waals surface area contributed by atoms with Gasteiger partial charge >= 0.3 is 0 Å². The minimum absolute atomic E-state index is 0.0163. The highest BCUT2D eigenvalue weighted by atomic mass is 16.1. The number of hydrogen-bond donors (Lipinski definition) is 2. The van der Waals surface area contributed by atoms with Gasteiger partial charge in [-0.2, -0.15) is 0 Å². The summed E-state index contributed by atoms with van der Waals surface area (Å²) in [6, 6.07) is 7.80. The summed E-state index contributed by atoms with van der Waals surface area (Å²) in [5.74, 6) is 2.65. The number of fused-ring (bicyclic) bond motifs is 1. The van der Waals surface area contributed by atoms with E-state index < -0.39 is 0 Å². The maximum absolute atomic E-state index is 12.0. The van der Waals surface area contributed by atoms with E-state index in [1.54, 1.807) is 0 Å². The van der Waals surface area contributed by atoms with E-state index in [9.17, 15) is 4.79 Å². The van der Waals surface area contributed by atoms with Crippen molar-refractivity contribution in [2.45, 2.75) is 39.2 Å². The first-order valence-corrected chi connectivity index (χ1v) is 9.54. The predicted molar refractivity (Wildman–Crippen MR) is 102 cm³/mol. The zero-order valence-electron chi connectivity index (χ0n) is 15.4. The molecule has 1 aliphatic carbocycles. The molecule has 25 heavy (non-hydrogen) atoms. The van der Waals surface area contributed by atoms with Gasteiger partial charge in [0.1, 0.15) is 0 Å². The van der Waals surface area contributed by atoms with Crippen LogP contribution in [0.5, 0.6) is 0 Å². The van der Waals surface area contributed by atoms with E-state index in [1.807, 2.05) is 38.2 Å². The summed E-state index contributed by atoms with van der Waals surface area (Å²) in [6.07, 6.45) is 5.50. The highest BCUT2D eigenvalue weighted by molar-refractivity contribution is 5.94. The monoisotopic (exact) mass is 342 g/mol. The molecule has 2 atom stereocenters. The Hall–Kier alpha value is -2.04. The van der Waals surface area contributed by atoms with Crippen molar-refractivity contribution in [3.05, 3.63) is 35.4 Å². The molecule has 1 amide bonds. The van der Waals surface area contributed by atoms with E-state index in [1.165, 1.54) is 25.7 Å². The molecular weight excluding hydrogens is 312 g/mol. The van der Waals surface area contributed by atoms with Gasteiger partial charge < -0.3 is 15.5 Å². The number of guanidine groups is 1. The summed E-state index contributed by atoms with van der Waals surface area (Å²) >= 11 is 0. The Morgan fingerprint density at radius 2 is 1.92 bits per heavy atom. The fraction of sp³-hybridized carbons (Fsp3) is 0.600. The Labute approximate surface area is 150 Å². The van der Waals surface area contributed by atoms with Crippen LogP contribution in [0.3, 0.4) is 0 Å². The molecule has 1 saturated carbocycles. The third kappa shape index (κ3) is 4.33. The van der Waals surface area contributed by atoms with Crippen molar-refractivity contribution in [1.82, 2.24) is 15.5 Å². The third-order valence-corrected chi connectivity index (χ3v) is 5.46. The van der Waals surface area contributed by atoms with Gasteiger partial charge in [-0.05, 0) is 49.3 Å². The van der Waals surface area contributed by atoms with Crippen molar-refractivity contribution in [2.75, 3.05) is 26.7 Å². The molecule has 5 heteroatoms. The van der Waals surface area contributed by atoms with Crippen LogP contribution in [-0.4, -0.2) is 43.4 Å². The number of likely N-dealkylation sites (tertiary alicyclic amines) is 1. The summed E-state index contributed by atoms with van der Waals surface area (Å²) in [5, 5.41) is 6.33. The minimum Gasteiger partial charge on any atom is -0.352 e. The van der Waals surface area contributed by atoms with Crippen LogP contribution in [0.4, 0.5) is 0 Å². The van der Waals surface area contributed by atoms with Crippen LogP contribution in [0.25, 0.3) is 0 Å². The van der Waals surface area contributed by atoms with Crippen LogP contribution < -0.4 is 10.6 Å². The van der Waals surface area contributed by atoms with Crippen LogP contribution in [0, 0.1) is 11.8 Å². The molecular formula is C20H30N4O. The Kier molecular flexibility index (Phi) is 5.95. The van der Waals surface area contributed by atoms with Gasteiger partial charge in [-0.25, -0.2) is 0 Å². The number of aliphatic imine (C=N–C) groups is 1. The smallest absolute Gasteiger partial charge is 0.251 e. The number of nitrogens with zero attached hydrogens (tertiary/aromatic N) is 2. The maximum atomic E-state index is 12.0. The van der Waals surface area contributed by atoms with Gasteiger partial charge in [0.2, 0.25) is 0 Å². The van der Waals surface area contributed by atoms with Crippen molar-refractivity contribution in [3.8, 4) is 0 Å². The Balaban J connectivity index is 1.58. The lowest BCUT2D eigenvalue weighted by atomic mass is 9.82. The van der Waals surface area contributed by atoms with Gasteiger partial charge in [0.15, 0.2) is 5.96 Å². The molecule has 1 saturated heterocycles. The summed E-state index contributed by atoms with van der Waals surface area (Å²) in [5.41, 5.74) is 1.81. The molecule has 1 aliphatic heterocycles. The van der Waals surface area contributed by atoms with Crippen LogP contribution >= 0.6 is 0 Å². The number of amides is 1. The molecule has 0 bridgehead atoms. The van der Waals surface area contributed by atoms with Crippen molar-refractivity contribution in [1.29, 1.82) is 0 Å². The second-order valence-electron chi connectivity index (χ2n) is 7.17. The number of carbonyl (C=O) groups excluding carboxylic acids is 1. The number of benzene rings is 1. The topological polar surface area (TPSA) is 56.7 Å². The molecule has 2 unspecified atom stereocenters. The van der Waals surface area contributed by atoms with Crippen molar-refractivity contribution in [2.24, 2.45) is 16.8 Å². The standard InChI is InChI=1S/C20H30N4O/c1-3-22-19(25)16-10-6-7-15(11-16)12-23-20(21-2)24-13-17-8-4-5-9-18(17)14-24/h6-7,10-11,17-18H,3-5,8-9,12-14H2,1-2H3,(H,21,23)(H,22,25). The Bertz CT molecular complexity index is 614. The quantitative estimate of drug-likeness (QED) is 0.653. The molecule has 2 fully saturated rings. The Morgan fingerprint density at radius 3 is 2.56 bits per heavy atom. The van der Waals surface area contributed by atoms with Gasteiger partial charge in [0.05, 0.1) is 0 Å². The van der Waals surface area contributed by atoms with E-state index in [-0.39, 0.29) is 5.91 Å². The van der Waals surface area contributed by atoms with Crippen molar-refractivity contribution in [3.63, 3.8) is 0 Å². The summed E-state index contributed by atoms with van der Waals surface area (Å²) in [7, 11) is 1.86. The van der Waals surface area contributed by atoms with Crippen LogP contribution in [0.1, 0.15) is 48.5 Å². The normalized spacial score (nSPS) is 23.3. The average Bonchev–Trinajstić information content (AvgIpc) is 3.06. The van der Waals surface area contributed by atoms with Crippen molar-refractivity contribution >= 4 is 11.9 Å². The van der Waals surface area contributed by atoms with Gasteiger partial charge in [-0.1, -0.05) is 25.0 Å². The predicted octanol–water partition coefficient (Wildman–Crippen LogP) is 2.63. The van der Waals surface area contributed by atoms with Gasteiger partial charge in [0.25, 0.3) is 5.91 Å². The largest absolute Gasteiger partial charge is 0.352 e. The zero-order chi connectivity index (χ0) is 17.6. The van der Waals surface area contributed by atoms with Crippen LogP contribution in [0.2, 0.25) is 0 Å². The number of carbonyl (C=O) groups is 1. The second kappa shape index (κ2) is 8.37. The lowest BCUT2D eigenvalue weighted by molar-refractivity contribution is 0.0955. The highest BCUT2D eigenvalue weighted by Crippen LogP contribution is 2.35. The number of hydrogen-bond acceptors (Lipinski definition) is 2. The summed E-state index contributed by atoms with van der Waals surface area (Å²) < 4.78 is 0. The fourth-order valence-electron chi connectivity index (χ4n) is 4.18. The van der Waals surface area contributed by atoms with E-state index in [0.29, 0.717) is 18.7 Å². The average molecular weight is 342 g/mol. The lowest BCUT2D eigenvalue weighted by Crippen LogP contribution is -2.39. The van der Waals surface area contributed by atoms with E-state index >= 15 is 0 Å². The highest BCUT2D eigenvalue weighted by Gasteiger charge is 2.35. The summed E-state index contributed by atoms with van der Waals surface area (Å²) in [6.45, 7) is 5.52. The van der Waals surface area contributed by atoms with Gasteiger partial charge in [-0.3, -0.25) is 9.79 Å². The van der Waals surface area contributed by atoms with E-state index in [0.717, 1.165) is 36.4 Å². The minimum atomic E-state index is -0.0163.